The lowest BCUT2D eigenvalue weighted by Gasteiger charge is -2.39. The molecule has 1 saturated carbocycles. The highest BCUT2D eigenvalue weighted by molar-refractivity contribution is 5.95. The first-order valence-corrected chi connectivity index (χ1v) is 10.5. The molecule has 2 aromatic rings. The van der Waals surface area contributed by atoms with Crippen LogP contribution in [0.1, 0.15) is 44.0 Å². The SMILES string of the molecule is Cn1ccnc1C1CNCCN1CC(=O)N(c1ccccc1)C1CCCCC1. The molecule has 1 atom stereocenters. The average molecular weight is 382 g/mol. The standard InChI is InChI=1S/C22H31N5O/c1-25-14-13-24-22(25)20-16-23-12-15-26(20)17-21(28)27(18-8-4-2-5-9-18)19-10-6-3-7-11-19/h2,4-5,8-9,13-14,19-20,23H,3,6-7,10-12,15-17H2,1H3. The van der Waals surface area contributed by atoms with Crippen molar-refractivity contribution in [3.05, 3.63) is 48.5 Å². The summed E-state index contributed by atoms with van der Waals surface area (Å²) in [5, 5.41) is 3.46. The lowest BCUT2D eigenvalue weighted by atomic mass is 9.93. The third kappa shape index (κ3) is 4.13. The Morgan fingerprint density at radius 1 is 1.21 bits per heavy atom. The van der Waals surface area contributed by atoms with Gasteiger partial charge in [-0.3, -0.25) is 9.69 Å². The number of para-hydroxylation sites is 1. The maximum atomic E-state index is 13.5. The molecule has 0 radical (unpaired) electrons. The topological polar surface area (TPSA) is 53.4 Å². The highest BCUT2D eigenvalue weighted by Gasteiger charge is 2.32. The molecule has 1 aromatic heterocycles. The van der Waals surface area contributed by atoms with E-state index in [-0.39, 0.29) is 11.9 Å². The number of piperazine rings is 1. The lowest BCUT2D eigenvalue weighted by Crippen LogP contribution is -2.52. The summed E-state index contributed by atoms with van der Waals surface area (Å²) in [6.45, 7) is 3.02. The van der Waals surface area contributed by atoms with Gasteiger partial charge in [-0.25, -0.2) is 4.98 Å². The van der Waals surface area contributed by atoms with Gasteiger partial charge in [-0.1, -0.05) is 37.5 Å². The number of hydrogen-bond donors (Lipinski definition) is 1. The van der Waals surface area contributed by atoms with Crippen molar-refractivity contribution in [1.29, 1.82) is 0 Å². The summed E-state index contributed by atoms with van der Waals surface area (Å²) in [5.41, 5.74) is 1.03. The Morgan fingerprint density at radius 2 is 2.00 bits per heavy atom. The van der Waals surface area contributed by atoms with Gasteiger partial charge in [-0.05, 0) is 25.0 Å². The largest absolute Gasteiger partial charge is 0.337 e. The number of carbonyl (C=O) groups is 1. The molecule has 1 aliphatic carbocycles. The van der Waals surface area contributed by atoms with E-state index >= 15 is 0 Å². The highest BCUT2D eigenvalue weighted by Crippen LogP contribution is 2.28. The van der Waals surface area contributed by atoms with Crippen molar-refractivity contribution < 1.29 is 4.79 Å². The molecule has 1 aromatic carbocycles. The molecule has 1 N–H and O–H groups in total. The number of nitrogens with one attached hydrogen (secondary N) is 1. The van der Waals surface area contributed by atoms with Crippen LogP contribution in [0.15, 0.2) is 42.7 Å². The molecule has 1 amide bonds. The van der Waals surface area contributed by atoms with Crippen molar-refractivity contribution >= 4 is 11.6 Å². The van der Waals surface area contributed by atoms with Crippen LogP contribution in [-0.2, 0) is 11.8 Å². The van der Waals surface area contributed by atoms with E-state index in [2.05, 4.69) is 36.8 Å². The number of hydrogen-bond acceptors (Lipinski definition) is 4. The zero-order valence-electron chi connectivity index (χ0n) is 16.8. The first-order chi connectivity index (χ1) is 13.7. The molecular weight excluding hydrogens is 350 g/mol. The Hall–Kier alpha value is -2.18. The van der Waals surface area contributed by atoms with Crippen LogP contribution in [0.2, 0.25) is 0 Å². The van der Waals surface area contributed by atoms with Crippen LogP contribution < -0.4 is 10.2 Å². The van der Waals surface area contributed by atoms with Gasteiger partial charge in [0.25, 0.3) is 0 Å². The molecule has 2 heterocycles. The van der Waals surface area contributed by atoms with E-state index < -0.39 is 0 Å². The Labute approximate surface area is 167 Å². The molecule has 28 heavy (non-hydrogen) atoms. The Kier molecular flexibility index (Phi) is 6.07. The minimum atomic E-state index is 0.127. The second-order valence-electron chi connectivity index (χ2n) is 7.98. The summed E-state index contributed by atoms with van der Waals surface area (Å²) in [7, 11) is 2.02. The van der Waals surface area contributed by atoms with Gasteiger partial charge in [0.1, 0.15) is 5.82 Å². The highest BCUT2D eigenvalue weighted by atomic mass is 16.2. The minimum Gasteiger partial charge on any atom is -0.337 e. The molecule has 1 aliphatic heterocycles. The number of benzene rings is 1. The molecule has 6 nitrogen and oxygen atoms in total. The van der Waals surface area contributed by atoms with Gasteiger partial charge in [-0.15, -0.1) is 0 Å². The second kappa shape index (κ2) is 8.88. The van der Waals surface area contributed by atoms with Crippen LogP contribution in [-0.4, -0.2) is 52.6 Å². The van der Waals surface area contributed by atoms with Crippen LogP contribution in [0.25, 0.3) is 0 Å². The van der Waals surface area contributed by atoms with E-state index in [4.69, 9.17) is 0 Å². The summed E-state index contributed by atoms with van der Waals surface area (Å²) < 4.78 is 2.06. The summed E-state index contributed by atoms with van der Waals surface area (Å²) in [6.07, 6.45) is 9.72. The van der Waals surface area contributed by atoms with Crippen LogP contribution in [0.3, 0.4) is 0 Å². The van der Waals surface area contributed by atoms with Gasteiger partial charge in [0.05, 0.1) is 12.6 Å². The zero-order valence-corrected chi connectivity index (χ0v) is 16.8. The number of anilines is 1. The van der Waals surface area contributed by atoms with Gasteiger partial charge < -0.3 is 14.8 Å². The molecular formula is C22H31N5O. The van der Waals surface area contributed by atoms with E-state index in [0.717, 1.165) is 44.0 Å². The number of rotatable bonds is 5. The fourth-order valence-corrected chi connectivity index (χ4v) is 4.62. The summed E-state index contributed by atoms with van der Waals surface area (Å²) in [6, 6.07) is 10.7. The molecule has 2 aliphatic rings. The molecule has 0 bridgehead atoms. The van der Waals surface area contributed by atoms with Crippen molar-refractivity contribution in [2.75, 3.05) is 31.1 Å². The van der Waals surface area contributed by atoms with Gasteiger partial charge in [0.2, 0.25) is 5.91 Å². The van der Waals surface area contributed by atoms with Crippen molar-refractivity contribution in [3.63, 3.8) is 0 Å². The lowest BCUT2D eigenvalue weighted by molar-refractivity contribution is -0.121. The summed E-state index contributed by atoms with van der Waals surface area (Å²) in [4.78, 5) is 22.5. The van der Waals surface area contributed by atoms with Crippen molar-refractivity contribution in [3.8, 4) is 0 Å². The van der Waals surface area contributed by atoms with Crippen LogP contribution >= 0.6 is 0 Å². The number of aromatic nitrogens is 2. The number of imidazole rings is 1. The van der Waals surface area contributed by atoms with Gasteiger partial charge in [0, 0.05) is 50.8 Å². The number of amides is 1. The molecule has 1 unspecified atom stereocenters. The number of nitrogens with zero attached hydrogens (tertiary/aromatic N) is 4. The summed E-state index contributed by atoms with van der Waals surface area (Å²) >= 11 is 0. The first kappa shape index (κ1) is 19.2. The van der Waals surface area contributed by atoms with Crippen LogP contribution in [0.4, 0.5) is 5.69 Å². The molecule has 150 valence electrons. The maximum Gasteiger partial charge on any atom is 0.241 e. The number of aryl methyl sites for hydroxylation is 1. The van der Waals surface area contributed by atoms with Crippen molar-refractivity contribution in [2.24, 2.45) is 7.05 Å². The van der Waals surface area contributed by atoms with Crippen molar-refractivity contribution in [1.82, 2.24) is 19.8 Å². The first-order valence-electron chi connectivity index (χ1n) is 10.5. The van der Waals surface area contributed by atoms with E-state index in [9.17, 15) is 4.79 Å². The average Bonchev–Trinajstić information content (AvgIpc) is 3.16. The fourth-order valence-electron chi connectivity index (χ4n) is 4.62. The Balaban J connectivity index is 1.55. The molecule has 0 spiro atoms. The van der Waals surface area contributed by atoms with Gasteiger partial charge >= 0.3 is 0 Å². The summed E-state index contributed by atoms with van der Waals surface area (Å²) in [5.74, 6) is 1.23. The van der Waals surface area contributed by atoms with E-state index in [1.165, 1.54) is 19.3 Å². The fraction of sp³-hybridized carbons (Fsp3) is 0.545. The Morgan fingerprint density at radius 3 is 2.71 bits per heavy atom. The van der Waals surface area contributed by atoms with Gasteiger partial charge in [-0.2, -0.15) is 0 Å². The van der Waals surface area contributed by atoms with Crippen LogP contribution in [0.5, 0.6) is 0 Å². The molecule has 2 fully saturated rings. The monoisotopic (exact) mass is 381 g/mol. The normalized spacial score (nSPS) is 21.5. The zero-order chi connectivity index (χ0) is 19.3. The van der Waals surface area contributed by atoms with E-state index in [1.54, 1.807) is 0 Å². The van der Waals surface area contributed by atoms with Gasteiger partial charge in [0.15, 0.2) is 0 Å². The van der Waals surface area contributed by atoms with Crippen molar-refractivity contribution in [2.45, 2.75) is 44.2 Å². The molecule has 4 rings (SSSR count). The predicted molar refractivity (Wildman–Crippen MR) is 111 cm³/mol. The van der Waals surface area contributed by atoms with Crippen LogP contribution in [0, 0.1) is 0 Å². The number of carbonyl (C=O) groups excluding carboxylic acids is 1. The molecule has 1 saturated heterocycles. The minimum absolute atomic E-state index is 0.127. The maximum absolute atomic E-state index is 13.5. The quantitative estimate of drug-likeness (QED) is 0.865. The third-order valence-electron chi connectivity index (χ3n) is 6.09. The third-order valence-corrected chi connectivity index (χ3v) is 6.09. The van der Waals surface area contributed by atoms with E-state index in [0.29, 0.717) is 12.6 Å². The predicted octanol–water partition coefficient (Wildman–Crippen LogP) is 2.73. The smallest absolute Gasteiger partial charge is 0.241 e. The Bertz CT molecular complexity index is 768. The molecule has 6 heteroatoms. The second-order valence-corrected chi connectivity index (χ2v) is 7.98. The van der Waals surface area contributed by atoms with E-state index in [1.807, 2.05) is 37.6 Å².